The second-order valence-corrected chi connectivity index (χ2v) is 2.94. The van der Waals surface area contributed by atoms with Gasteiger partial charge < -0.3 is 10.4 Å². The number of amides is 1. The van der Waals surface area contributed by atoms with E-state index in [2.05, 4.69) is 11.9 Å². The minimum atomic E-state index is -1.01. The molecule has 0 aliphatic carbocycles. The van der Waals surface area contributed by atoms with Gasteiger partial charge in [0.25, 0.3) is 0 Å². The SMILES string of the molecule is C=CCC(NC(=O)O)c1ccccc1. The fourth-order valence-corrected chi connectivity index (χ4v) is 1.28. The Morgan fingerprint density at radius 3 is 2.64 bits per heavy atom. The van der Waals surface area contributed by atoms with Crippen LogP contribution in [0.1, 0.15) is 18.0 Å². The summed E-state index contributed by atoms with van der Waals surface area (Å²) < 4.78 is 0. The van der Waals surface area contributed by atoms with Crippen molar-refractivity contribution in [3.05, 3.63) is 48.6 Å². The van der Waals surface area contributed by atoms with Crippen LogP contribution in [-0.2, 0) is 0 Å². The van der Waals surface area contributed by atoms with Crippen LogP contribution in [0.3, 0.4) is 0 Å². The van der Waals surface area contributed by atoms with E-state index in [1.807, 2.05) is 30.3 Å². The molecule has 14 heavy (non-hydrogen) atoms. The standard InChI is InChI=1S/C11H13NO2/c1-2-6-10(12-11(13)14)9-7-4-3-5-8-9/h2-5,7-8,10,12H,1,6H2,(H,13,14). The van der Waals surface area contributed by atoms with E-state index < -0.39 is 6.09 Å². The maximum atomic E-state index is 10.5. The van der Waals surface area contributed by atoms with Gasteiger partial charge in [-0.15, -0.1) is 6.58 Å². The van der Waals surface area contributed by atoms with Crippen LogP contribution in [0, 0.1) is 0 Å². The molecule has 0 spiro atoms. The molecule has 0 fully saturated rings. The quantitative estimate of drug-likeness (QED) is 0.718. The second kappa shape index (κ2) is 5.07. The molecule has 1 amide bonds. The van der Waals surface area contributed by atoms with Crippen LogP contribution >= 0.6 is 0 Å². The van der Waals surface area contributed by atoms with Gasteiger partial charge in [0.05, 0.1) is 6.04 Å². The molecule has 3 heteroatoms. The Morgan fingerprint density at radius 1 is 1.50 bits per heavy atom. The predicted octanol–water partition coefficient (Wildman–Crippen LogP) is 2.57. The van der Waals surface area contributed by atoms with Crippen molar-refractivity contribution in [2.24, 2.45) is 0 Å². The number of carboxylic acid groups (broad SMARTS) is 1. The van der Waals surface area contributed by atoms with Crippen molar-refractivity contribution in [2.75, 3.05) is 0 Å². The van der Waals surface area contributed by atoms with Crippen molar-refractivity contribution in [3.8, 4) is 0 Å². The molecule has 3 nitrogen and oxygen atoms in total. The number of hydrogen-bond acceptors (Lipinski definition) is 1. The topological polar surface area (TPSA) is 49.3 Å². The van der Waals surface area contributed by atoms with E-state index in [0.717, 1.165) is 5.56 Å². The molecule has 0 aromatic heterocycles. The average Bonchev–Trinajstić information content (AvgIpc) is 2.18. The normalized spacial score (nSPS) is 11.7. The summed E-state index contributed by atoms with van der Waals surface area (Å²) in [7, 11) is 0. The molecule has 1 rings (SSSR count). The Morgan fingerprint density at radius 2 is 2.14 bits per heavy atom. The molecule has 1 atom stereocenters. The number of hydrogen-bond donors (Lipinski definition) is 2. The zero-order valence-electron chi connectivity index (χ0n) is 7.81. The smallest absolute Gasteiger partial charge is 0.405 e. The maximum Gasteiger partial charge on any atom is 0.405 e. The molecule has 2 N–H and O–H groups in total. The van der Waals surface area contributed by atoms with Gasteiger partial charge in [0, 0.05) is 0 Å². The summed E-state index contributed by atoms with van der Waals surface area (Å²) in [5.41, 5.74) is 0.954. The van der Waals surface area contributed by atoms with Gasteiger partial charge in [0.15, 0.2) is 0 Å². The highest BCUT2D eigenvalue weighted by Crippen LogP contribution is 2.16. The highest BCUT2D eigenvalue weighted by molar-refractivity contribution is 5.65. The van der Waals surface area contributed by atoms with E-state index in [1.165, 1.54) is 0 Å². The van der Waals surface area contributed by atoms with Crippen molar-refractivity contribution in [2.45, 2.75) is 12.5 Å². The van der Waals surface area contributed by atoms with Gasteiger partial charge in [-0.2, -0.15) is 0 Å². The first kappa shape index (κ1) is 10.3. The van der Waals surface area contributed by atoms with Crippen LogP contribution < -0.4 is 5.32 Å². The monoisotopic (exact) mass is 191 g/mol. The van der Waals surface area contributed by atoms with Crippen molar-refractivity contribution >= 4 is 6.09 Å². The van der Waals surface area contributed by atoms with Gasteiger partial charge in [-0.25, -0.2) is 4.79 Å². The third kappa shape index (κ3) is 2.94. The van der Waals surface area contributed by atoms with Gasteiger partial charge in [-0.05, 0) is 12.0 Å². The molecule has 1 aromatic carbocycles. The van der Waals surface area contributed by atoms with Crippen LogP contribution in [-0.4, -0.2) is 11.2 Å². The Balaban J connectivity index is 2.77. The Labute approximate surface area is 83.1 Å². The lowest BCUT2D eigenvalue weighted by molar-refractivity contribution is 0.190. The van der Waals surface area contributed by atoms with Gasteiger partial charge in [0.2, 0.25) is 0 Å². The minimum Gasteiger partial charge on any atom is -0.465 e. The largest absolute Gasteiger partial charge is 0.465 e. The lowest BCUT2D eigenvalue weighted by atomic mass is 10.0. The molecule has 1 aromatic rings. The summed E-state index contributed by atoms with van der Waals surface area (Å²) in [6.45, 7) is 3.60. The van der Waals surface area contributed by atoms with Crippen LogP contribution in [0.15, 0.2) is 43.0 Å². The third-order valence-electron chi connectivity index (χ3n) is 1.90. The number of carbonyl (C=O) groups is 1. The first-order valence-corrected chi connectivity index (χ1v) is 4.39. The molecule has 1 unspecified atom stereocenters. The van der Waals surface area contributed by atoms with E-state index in [4.69, 9.17) is 5.11 Å². The van der Waals surface area contributed by atoms with Crippen molar-refractivity contribution in [3.63, 3.8) is 0 Å². The highest BCUT2D eigenvalue weighted by Gasteiger charge is 2.10. The minimum absolute atomic E-state index is 0.203. The van der Waals surface area contributed by atoms with Gasteiger partial charge in [-0.3, -0.25) is 0 Å². The molecule has 0 aliphatic heterocycles. The molecule has 0 aliphatic rings. The van der Waals surface area contributed by atoms with Gasteiger partial charge in [-0.1, -0.05) is 36.4 Å². The second-order valence-electron chi connectivity index (χ2n) is 2.94. The molecule has 74 valence electrons. The number of rotatable bonds is 4. The zero-order valence-corrected chi connectivity index (χ0v) is 7.81. The summed E-state index contributed by atoms with van der Waals surface area (Å²) in [6.07, 6.45) is 1.28. The summed E-state index contributed by atoms with van der Waals surface area (Å²) in [4.78, 5) is 10.5. The van der Waals surface area contributed by atoms with Crippen LogP contribution in [0.5, 0.6) is 0 Å². The number of benzene rings is 1. The molecular weight excluding hydrogens is 178 g/mol. The van der Waals surface area contributed by atoms with E-state index in [1.54, 1.807) is 6.08 Å². The van der Waals surface area contributed by atoms with E-state index in [0.29, 0.717) is 6.42 Å². The number of nitrogens with one attached hydrogen (secondary N) is 1. The zero-order chi connectivity index (χ0) is 10.4. The van der Waals surface area contributed by atoms with Crippen molar-refractivity contribution < 1.29 is 9.90 Å². The van der Waals surface area contributed by atoms with E-state index >= 15 is 0 Å². The maximum absolute atomic E-state index is 10.5. The summed E-state index contributed by atoms with van der Waals surface area (Å²) in [6, 6.07) is 9.25. The molecule has 0 saturated heterocycles. The van der Waals surface area contributed by atoms with Gasteiger partial charge >= 0.3 is 6.09 Å². The highest BCUT2D eigenvalue weighted by atomic mass is 16.4. The lowest BCUT2D eigenvalue weighted by Gasteiger charge is -2.14. The first-order chi connectivity index (χ1) is 6.74. The summed E-state index contributed by atoms with van der Waals surface area (Å²) >= 11 is 0. The Bertz CT molecular complexity index is 308. The Hall–Kier alpha value is -1.77. The van der Waals surface area contributed by atoms with E-state index in [-0.39, 0.29) is 6.04 Å². The first-order valence-electron chi connectivity index (χ1n) is 4.39. The third-order valence-corrected chi connectivity index (χ3v) is 1.90. The van der Waals surface area contributed by atoms with Crippen LogP contribution in [0.2, 0.25) is 0 Å². The summed E-state index contributed by atoms with van der Waals surface area (Å²) in [5, 5.41) is 11.1. The van der Waals surface area contributed by atoms with E-state index in [9.17, 15) is 4.79 Å². The lowest BCUT2D eigenvalue weighted by Crippen LogP contribution is -2.26. The average molecular weight is 191 g/mol. The fraction of sp³-hybridized carbons (Fsp3) is 0.182. The molecule has 0 radical (unpaired) electrons. The van der Waals surface area contributed by atoms with Crippen molar-refractivity contribution in [1.29, 1.82) is 0 Å². The molecular formula is C11H13NO2. The van der Waals surface area contributed by atoms with Gasteiger partial charge in [0.1, 0.15) is 0 Å². The molecule has 0 saturated carbocycles. The fourth-order valence-electron chi connectivity index (χ4n) is 1.28. The van der Waals surface area contributed by atoms with Crippen molar-refractivity contribution in [1.82, 2.24) is 5.32 Å². The van der Waals surface area contributed by atoms with Crippen LogP contribution in [0.25, 0.3) is 0 Å². The predicted molar refractivity (Wildman–Crippen MR) is 55.2 cm³/mol. The molecule has 0 bridgehead atoms. The van der Waals surface area contributed by atoms with Crippen LogP contribution in [0.4, 0.5) is 4.79 Å². The Kier molecular flexibility index (Phi) is 3.73. The molecule has 0 heterocycles. The summed E-state index contributed by atoms with van der Waals surface area (Å²) in [5.74, 6) is 0.